The Morgan fingerprint density at radius 2 is 1.66 bits per heavy atom. The number of sulfonamides is 1. The Morgan fingerprint density at radius 1 is 1.00 bits per heavy atom. The van der Waals surface area contributed by atoms with Crippen molar-refractivity contribution in [3.8, 4) is 0 Å². The third-order valence-electron chi connectivity index (χ3n) is 6.26. The first-order valence-electron chi connectivity index (χ1n) is 9.76. The summed E-state index contributed by atoms with van der Waals surface area (Å²) in [5, 5.41) is 0.213. The van der Waals surface area contributed by atoms with Crippen LogP contribution in [0.25, 0.3) is 0 Å². The van der Waals surface area contributed by atoms with E-state index in [1.54, 1.807) is 12.1 Å². The van der Waals surface area contributed by atoms with Crippen LogP contribution in [-0.2, 0) is 19.6 Å². The molecular formula is C19H23Cl2N3O4S. The first-order valence-corrected chi connectivity index (χ1v) is 12.0. The van der Waals surface area contributed by atoms with Crippen molar-refractivity contribution in [3.63, 3.8) is 0 Å². The molecule has 1 saturated carbocycles. The minimum Gasteiger partial charge on any atom is -0.283 e. The summed E-state index contributed by atoms with van der Waals surface area (Å²) in [7, 11) is -3.76. The van der Waals surface area contributed by atoms with Crippen LogP contribution in [0.4, 0.5) is 0 Å². The van der Waals surface area contributed by atoms with Crippen LogP contribution in [0.3, 0.4) is 0 Å². The Kier molecular flexibility index (Phi) is 5.67. The number of carbonyl (C=O) groups excluding carboxylic acids is 2. The van der Waals surface area contributed by atoms with Gasteiger partial charge in [0, 0.05) is 32.6 Å². The second-order valence-electron chi connectivity index (χ2n) is 8.01. The fraction of sp³-hybridized carbons (Fsp3) is 0.579. The van der Waals surface area contributed by atoms with Gasteiger partial charge in [-0.15, -0.1) is 0 Å². The molecule has 2 saturated heterocycles. The lowest BCUT2D eigenvalue weighted by atomic mass is 9.85. The Morgan fingerprint density at radius 3 is 2.31 bits per heavy atom. The maximum Gasteiger partial charge on any atom is 0.244 e. The van der Waals surface area contributed by atoms with E-state index in [0.717, 1.165) is 25.7 Å². The van der Waals surface area contributed by atoms with E-state index in [1.807, 2.05) is 4.90 Å². The third-order valence-corrected chi connectivity index (χ3v) is 9.13. The molecule has 1 aromatic rings. The zero-order valence-electron chi connectivity index (χ0n) is 15.9. The monoisotopic (exact) mass is 459 g/mol. The van der Waals surface area contributed by atoms with E-state index in [0.29, 0.717) is 19.5 Å². The van der Waals surface area contributed by atoms with E-state index in [9.17, 15) is 18.0 Å². The Labute approximate surface area is 180 Å². The highest BCUT2D eigenvalue weighted by molar-refractivity contribution is 7.89. The van der Waals surface area contributed by atoms with E-state index >= 15 is 0 Å². The molecule has 4 rings (SSSR count). The molecule has 1 aliphatic carbocycles. The van der Waals surface area contributed by atoms with Gasteiger partial charge in [-0.25, -0.2) is 8.42 Å². The number of nitrogens with zero attached hydrogens (tertiary/aromatic N) is 3. The van der Waals surface area contributed by atoms with E-state index in [-0.39, 0.29) is 46.5 Å². The fourth-order valence-electron chi connectivity index (χ4n) is 4.58. The molecule has 0 aromatic heterocycles. The number of carbonyl (C=O) groups is 2. The molecule has 2 aliphatic heterocycles. The van der Waals surface area contributed by atoms with Crippen LogP contribution in [0, 0.1) is 5.41 Å². The van der Waals surface area contributed by atoms with Crippen molar-refractivity contribution in [2.45, 2.75) is 37.0 Å². The first kappa shape index (κ1) is 21.1. The predicted octanol–water partition coefficient (Wildman–Crippen LogP) is 2.58. The zero-order chi connectivity index (χ0) is 20.8. The van der Waals surface area contributed by atoms with Crippen LogP contribution in [0.5, 0.6) is 0 Å². The van der Waals surface area contributed by atoms with Crippen LogP contribution < -0.4 is 0 Å². The molecule has 29 heavy (non-hydrogen) atoms. The van der Waals surface area contributed by atoms with Gasteiger partial charge < -0.3 is 0 Å². The van der Waals surface area contributed by atoms with E-state index in [1.165, 1.54) is 15.3 Å². The molecule has 0 atom stereocenters. The van der Waals surface area contributed by atoms with Gasteiger partial charge in [0.25, 0.3) is 0 Å². The number of imide groups is 1. The minimum absolute atomic E-state index is 0.00631. The molecule has 158 valence electrons. The van der Waals surface area contributed by atoms with Crippen LogP contribution in [0.2, 0.25) is 10.0 Å². The molecule has 10 heteroatoms. The lowest BCUT2D eigenvalue weighted by Gasteiger charge is -2.35. The van der Waals surface area contributed by atoms with Crippen molar-refractivity contribution >= 4 is 45.0 Å². The molecule has 0 unspecified atom stereocenters. The molecular weight excluding hydrogens is 437 g/mol. The number of piperazine rings is 1. The van der Waals surface area contributed by atoms with Gasteiger partial charge in [0.1, 0.15) is 4.90 Å². The van der Waals surface area contributed by atoms with Gasteiger partial charge in [0.05, 0.1) is 22.1 Å². The number of rotatable bonds is 4. The number of hydrogen-bond donors (Lipinski definition) is 0. The number of hydrogen-bond acceptors (Lipinski definition) is 5. The maximum atomic E-state index is 12.9. The standard InChI is InChI=1S/C19H23Cl2N3O4S/c20-14-4-3-5-15(17(14)21)29(27,28)23-10-8-22(9-11-23)13-24-16(25)12-19(18(24)26)6-1-2-7-19/h3-5H,1-2,6-13H2. The number of likely N-dealkylation sites (tertiary alicyclic amines) is 1. The fourth-order valence-corrected chi connectivity index (χ4v) is 6.74. The third kappa shape index (κ3) is 3.70. The van der Waals surface area contributed by atoms with Crippen molar-refractivity contribution < 1.29 is 18.0 Å². The smallest absolute Gasteiger partial charge is 0.244 e. The van der Waals surface area contributed by atoms with Gasteiger partial charge in [-0.3, -0.25) is 19.4 Å². The summed E-state index contributed by atoms with van der Waals surface area (Å²) in [6, 6.07) is 4.54. The normalized spacial score (nSPS) is 23.4. The van der Waals surface area contributed by atoms with E-state index in [4.69, 9.17) is 23.2 Å². The zero-order valence-corrected chi connectivity index (χ0v) is 18.3. The molecule has 2 amide bonds. The largest absolute Gasteiger partial charge is 0.283 e. The van der Waals surface area contributed by atoms with Gasteiger partial charge in [-0.05, 0) is 25.0 Å². The molecule has 3 fully saturated rings. The number of benzene rings is 1. The van der Waals surface area contributed by atoms with Crippen LogP contribution in [0.1, 0.15) is 32.1 Å². The quantitative estimate of drug-likeness (QED) is 0.646. The van der Waals surface area contributed by atoms with Crippen LogP contribution in [0.15, 0.2) is 23.1 Å². The van der Waals surface area contributed by atoms with Crippen molar-refractivity contribution in [3.05, 3.63) is 28.2 Å². The Balaban J connectivity index is 1.40. The van der Waals surface area contributed by atoms with E-state index < -0.39 is 15.4 Å². The average Bonchev–Trinajstić information content (AvgIpc) is 3.25. The molecule has 1 spiro atoms. The van der Waals surface area contributed by atoms with Crippen molar-refractivity contribution in [1.29, 1.82) is 0 Å². The van der Waals surface area contributed by atoms with Crippen molar-refractivity contribution in [2.75, 3.05) is 32.8 Å². The predicted molar refractivity (Wildman–Crippen MR) is 109 cm³/mol. The summed E-state index contributed by atoms with van der Waals surface area (Å²) < 4.78 is 27.2. The van der Waals surface area contributed by atoms with Crippen molar-refractivity contribution in [2.24, 2.45) is 5.41 Å². The lowest BCUT2D eigenvalue weighted by Crippen LogP contribution is -2.52. The number of halogens is 2. The SMILES string of the molecule is O=C1CC2(CCCC2)C(=O)N1CN1CCN(S(=O)(=O)c2cccc(Cl)c2Cl)CC1. The van der Waals surface area contributed by atoms with E-state index in [2.05, 4.69) is 0 Å². The lowest BCUT2D eigenvalue weighted by molar-refractivity contribution is -0.144. The van der Waals surface area contributed by atoms with Crippen LogP contribution >= 0.6 is 23.2 Å². The first-order chi connectivity index (χ1) is 13.7. The second-order valence-corrected chi connectivity index (χ2v) is 10.7. The van der Waals surface area contributed by atoms with Crippen LogP contribution in [-0.4, -0.2) is 67.2 Å². The van der Waals surface area contributed by atoms with Gasteiger partial charge in [0.15, 0.2) is 0 Å². The summed E-state index contributed by atoms with van der Waals surface area (Å²) in [6.07, 6.45) is 3.89. The summed E-state index contributed by atoms with van der Waals surface area (Å²) in [4.78, 5) is 28.6. The molecule has 1 aromatic carbocycles. The summed E-state index contributed by atoms with van der Waals surface area (Å²) in [6.45, 7) is 1.60. The molecule has 0 bridgehead atoms. The molecule has 3 aliphatic rings. The highest BCUT2D eigenvalue weighted by atomic mass is 35.5. The second kappa shape index (κ2) is 7.81. The average molecular weight is 460 g/mol. The summed E-state index contributed by atoms with van der Waals surface area (Å²) in [5.74, 6) is -0.168. The summed E-state index contributed by atoms with van der Waals surface area (Å²) in [5.41, 5.74) is -0.481. The minimum atomic E-state index is -3.76. The summed E-state index contributed by atoms with van der Waals surface area (Å²) >= 11 is 12.1. The molecule has 7 nitrogen and oxygen atoms in total. The Bertz CT molecular complexity index is 939. The molecule has 0 radical (unpaired) electrons. The van der Waals surface area contributed by atoms with Gasteiger partial charge >= 0.3 is 0 Å². The van der Waals surface area contributed by atoms with Crippen molar-refractivity contribution in [1.82, 2.24) is 14.1 Å². The van der Waals surface area contributed by atoms with Gasteiger partial charge in [0.2, 0.25) is 21.8 Å². The maximum absolute atomic E-state index is 12.9. The topological polar surface area (TPSA) is 78.0 Å². The molecule has 2 heterocycles. The van der Waals surface area contributed by atoms with Gasteiger partial charge in [-0.2, -0.15) is 4.31 Å². The van der Waals surface area contributed by atoms with Gasteiger partial charge in [-0.1, -0.05) is 42.1 Å². The number of amides is 2. The highest BCUT2D eigenvalue weighted by Crippen LogP contribution is 2.46. The highest BCUT2D eigenvalue weighted by Gasteiger charge is 2.52. The Hall–Kier alpha value is -1.19. The molecule has 0 N–H and O–H groups in total.